The van der Waals surface area contributed by atoms with Crippen molar-refractivity contribution in [3.8, 4) is 32.8 Å². The van der Waals surface area contributed by atoms with E-state index in [4.69, 9.17) is 4.98 Å². The molecule has 0 bridgehead atoms. The van der Waals surface area contributed by atoms with Gasteiger partial charge in [0.2, 0.25) is 0 Å². The standard InChI is InChI=1S/C51H32N2S2/c1-3-10-33(11-4-1)37-15-9-16-41(28-37)53(42-25-26-44-39(29-42)19-18-35-12-7-8-17-43(35)44)40-23-20-34(21-24-40)38-22-27-48-45(30-38)46-31-50-47(32-49(46)54-48)52-51(55-50)36-13-5-2-6-14-36/h1-32H. The monoisotopic (exact) mass is 736 g/mol. The summed E-state index contributed by atoms with van der Waals surface area (Å²) in [5.41, 5.74) is 10.4. The first-order valence-corrected chi connectivity index (χ1v) is 20.2. The first kappa shape index (κ1) is 31.9. The Balaban J connectivity index is 0.995. The molecule has 0 saturated heterocycles. The summed E-state index contributed by atoms with van der Waals surface area (Å²) in [5.74, 6) is 0. The van der Waals surface area contributed by atoms with E-state index in [1.807, 2.05) is 11.3 Å². The predicted molar refractivity (Wildman–Crippen MR) is 239 cm³/mol. The molecular weight excluding hydrogens is 705 g/mol. The quantitative estimate of drug-likeness (QED) is 0.158. The number of hydrogen-bond donors (Lipinski definition) is 0. The molecule has 0 radical (unpaired) electrons. The normalized spacial score (nSPS) is 11.6. The van der Waals surface area contributed by atoms with E-state index in [0.29, 0.717) is 0 Å². The van der Waals surface area contributed by atoms with Crippen LogP contribution in [0, 0.1) is 0 Å². The van der Waals surface area contributed by atoms with Crippen LogP contribution in [0.2, 0.25) is 0 Å². The molecule has 0 aliphatic rings. The van der Waals surface area contributed by atoms with E-state index in [1.54, 1.807) is 11.3 Å². The SMILES string of the molecule is c1ccc(-c2cccc(N(c3ccc(-c4ccc5sc6cc7nc(-c8ccccc8)sc7cc6c5c4)cc3)c3ccc4c(ccc5ccccc54)c3)c2)cc1. The van der Waals surface area contributed by atoms with Crippen molar-refractivity contribution in [2.45, 2.75) is 0 Å². The maximum absolute atomic E-state index is 5.00. The van der Waals surface area contributed by atoms with Gasteiger partial charge in [-0.25, -0.2) is 4.98 Å². The lowest BCUT2D eigenvalue weighted by Gasteiger charge is -2.27. The molecular formula is C51H32N2S2. The van der Waals surface area contributed by atoms with E-state index in [1.165, 1.54) is 74.2 Å². The molecule has 0 N–H and O–H groups in total. The molecule has 55 heavy (non-hydrogen) atoms. The largest absolute Gasteiger partial charge is 0.310 e. The van der Waals surface area contributed by atoms with Gasteiger partial charge in [0.25, 0.3) is 0 Å². The zero-order chi connectivity index (χ0) is 36.3. The van der Waals surface area contributed by atoms with Gasteiger partial charge >= 0.3 is 0 Å². The van der Waals surface area contributed by atoms with Crippen LogP contribution < -0.4 is 4.90 Å². The molecule has 0 fully saturated rings. The van der Waals surface area contributed by atoms with Gasteiger partial charge in [-0.15, -0.1) is 22.7 Å². The highest BCUT2D eigenvalue weighted by Crippen LogP contribution is 2.43. The van der Waals surface area contributed by atoms with Gasteiger partial charge < -0.3 is 4.90 Å². The lowest BCUT2D eigenvalue weighted by molar-refractivity contribution is 1.29. The summed E-state index contributed by atoms with van der Waals surface area (Å²) in [4.78, 5) is 7.38. The highest BCUT2D eigenvalue weighted by Gasteiger charge is 2.16. The van der Waals surface area contributed by atoms with Gasteiger partial charge in [0, 0.05) is 42.8 Å². The summed E-state index contributed by atoms with van der Waals surface area (Å²) in [7, 11) is 0. The highest BCUT2D eigenvalue weighted by atomic mass is 32.1. The summed E-state index contributed by atoms with van der Waals surface area (Å²) in [6.07, 6.45) is 0. The number of rotatable bonds is 6. The maximum atomic E-state index is 5.00. The van der Waals surface area contributed by atoms with Crippen LogP contribution in [-0.4, -0.2) is 4.98 Å². The van der Waals surface area contributed by atoms with E-state index >= 15 is 0 Å². The molecule has 258 valence electrons. The van der Waals surface area contributed by atoms with Crippen LogP contribution in [0.25, 0.3) is 84.8 Å². The van der Waals surface area contributed by atoms with Crippen LogP contribution in [0.4, 0.5) is 17.1 Å². The first-order valence-electron chi connectivity index (χ1n) is 18.5. The Morgan fingerprint density at radius 2 is 0.964 bits per heavy atom. The van der Waals surface area contributed by atoms with Gasteiger partial charge in [0.15, 0.2) is 0 Å². The molecule has 0 spiro atoms. The van der Waals surface area contributed by atoms with E-state index in [2.05, 4.69) is 199 Å². The van der Waals surface area contributed by atoms with E-state index < -0.39 is 0 Å². The molecule has 0 atom stereocenters. The van der Waals surface area contributed by atoms with E-state index in [9.17, 15) is 0 Å². The molecule has 2 heterocycles. The average Bonchev–Trinajstić information content (AvgIpc) is 3.84. The number of aromatic nitrogens is 1. The van der Waals surface area contributed by atoms with Gasteiger partial charge in [0.1, 0.15) is 5.01 Å². The lowest BCUT2D eigenvalue weighted by atomic mass is 10.00. The van der Waals surface area contributed by atoms with Crippen LogP contribution in [-0.2, 0) is 0 Å². The third-order valence-corrected chi connectivity index (χ3v) is 12.9. The number of benzene rings is 9. The fraction of sp³-hybridized carbons (Fsp3) is 0. The molecule has 0 aliphatic heterocycles. The van der Waals surface area contributed by atoms with Crippen molar-refractivity contribution < 1.29 is 0 Å². The Morgan fingerprint density at radius 1 is 0.327 bits per heavy atom. The topological polar surface area (TPSA) is 16.1 Å². The molecule has 2 nitrogen and oxygen atoms in total. The fourth-order valence-corrected chi connectivity index (χ4v) is 10.0. The highest BCUT2D eigenvalue weighted by molar-refractivity contribution is 7.26. The minimum absolute atomic E-state index is 1.07. The minimum Gasteiger partial charge on any atom is -0.310 e. The van der Waals surface area contributed by atoms with Crippen molar-refractivity contribution in [1.82, 2.24) is 4.98 Å². The molecule has 9 aromatic carbocycles. The van der Waals surface area contributed by atoms with Crippen LogP contribution in [0.1, 0.15) is 0 Å². The molecule has 0 aliphatic carbocycles. The zero-order valence-electron chi connectivity index (χ0n) is 29.7. The molecule has 0 amide bonds. The number of thiophene rings is 1. The predicted octanol–water partition coefficient (Wildman–Crippen LogP) is 15.4. The Kier molecular flexibility index (Phi) is 7.58. The average molecular weight is 737 g/mol. The van der Waals surface area contributed by atoms with Crippen molar-refractivity contribution in [1.29, 1.82) is 0 Å². The smallest absolute Gasteiger partial charge is 0.124 e. The molecule has 2 aromatic heterocycles. The van der Waals surface area contributed by atoms with Crippen LogP contribution in [0.5, 0.6) is 0 Å². The Hall–Kier alpha value is -6.59. The number of fused-ring (bicyclic) bond motifs is 7. The van der Waals surface area contributed by atoms with E-state index in [0.717, 1.165) is 27.6 Å². The Morgan fingerprint density at radius 3 is 1.82 bits per heavy atom. The Bertz CT molecular complexity index is 3200. The van der Waals surface area contributed by atoms with E-state index in [-0.39, 0.29) is 0 Å². The summed E-state index contributed by atoms with van der Waals surface area (Å²) in [6.45, 7) is 0. The van der Waals surface area contributed by atoms with Crippen LogP contribution in [0.3, 0.4) is 0 Å². The maximum Gasteiger partial charge on any atom is 0.124 e. The number of thiazole rings is 1. The van der Waals surface area contributed by atoms with Gasteiger partial charge in [-0.05, 0) is 104 Å². The molecule has 11 aromatic rings. The third-order valence-electron chi connectivity index (χ3n) is 10.7. The molecule has 0 saturated carbocycles. The number of anilines is 3. The summed E-state index contributed by atoms with van der Waals surface area (Å²) in [5, 5.41) is 8.67. The summed E-state index contributed by atoms with van der Waals surface area (Å²) in [6, 6.07) is 70.5. The second-order valence-corrected chi connectivity index (χ2v) is 16.1. The first-order chi connectivity index (χ1) is 27.2. The molecule has 0 unspecified atom stereocenters. The van der Waals surface area contributed by atoms with Crippen molar-refractivity contribution in [2.75, 3.05) is 4.90 Å². The van der Waals surface area contributed by atoms with Crippen LogP contribution >= 0.6 is 22.7 Å². The van der Waals surface area contributed by atoms with Gasteiger partial charge in [-0.2, -0.15) is 0 Å². The number of nitrogens with zero attached hydrogens (tertiary/aromatic N) is 2. The molecule has 11 rings (SSSR count). The van der Waals surface area contributed by atoms with Gasteiger partial charge in [-0.3, -0.25) is 0 Å². The Labute approximate surface area is 326 Å². The fourth-order valence-electron chi connectivity index (χ4n) is 7.93. The zero-order valence-corrected chi connectivity index (χ0v) is 31.3. The van der Waals surface area contributed by atoms with Crippen molar-refractivity contribution in [3.05, 3.63) is 194 Å². The lowest BCUT2D eigenvalue weighted by Crippen LogP contribution is -2.10. The van der Waals surface area contributed by atoms with Crippen molar-refractivity contribution >= 4 is 91.7 Å². The second-order valence-electron chi connectivity index (χ2n) is 14.0. The van der Waals surface area contributed by atoms with Gasteiger partial charge in [-0.1, -0.05) is 133 Å². The minimum atomic E-state index is 1.07. The third kappa shape index (κ3) is 5.66. The summed E-state index contributed by atoms with van der Waals surface area (Å²) >= 11 is 3.61. The second kappa shape index (κ2) is 13.1. The molecule has 4 heteroatoms. The van der Waals surface area contributed by atoms with Crippen LogP contribution in [0.15, 0.2) is 194 Å². The van der Waals surface area contributed by atoms with Gasteiger partial charge in [0.05, 0.1) is 10.2 Å². The van der Waals surface area contributed by atoms with Crippen molar-refractivity contribution in [2.24, 2.45) is 0 Å². The number of hydrogen-bond acceptors (Lipinski definition) is 4. The van der Waals surface area contributed by atoms with Crippen molar-refractivity contribution in [3.63, 3.8) is 0 Å². The summed E-state index contributed by atoms with van der Waals surface area (Å²) < 4.78 is 3.79.